The van der Waals surface area contributed by atoms with Crippen LogP contribution >= 0.6 is 11.3 Å². The van der Waals surface area contributed by atoms with Gasteiger partial charge < -0.3 is 10.1 Å². The van der Waals surface area contributed by atoms with Gasteiger partial charge in [0, 0.05) is 10.9 Å². The summed E-state index contributed by atoms with van der Waals surface area (Å²) in [7, 11) is 0. The minimum absolute atomic E-state index is 0.102. The van der Waals surface area contributed by atoms with Crippen molar-refractivity contribution in [2.75, 3.05) is 0 Å². The molecular formula is C11H7N3O2S. The molecule has 0 aliphatic carbocycles. The number of carboxylic acid groups (broad SMARTS) is 1. The van der Waals surface area contributed by atoms with Crippen LogP contribution in [0.1, 0.15) is 9.80 Å². The van der Waals surface area contributed by atoms with Crippen LogP contribution in [0.5, 0.6) is 0 Å². The lowest BCUT2D eigenvalue weighted by Crippen LogP contribution is -1.94. The third-order valence-corrected chi connectivity index (χ3v) is 3.23. The summed E-state index contributed by atoms with van der Waals surface area (Å²) in [6, 6.07) is 5.66. The number of carbonyl (C=O) groups is 1. The van der Waals surface area contributed by atoms with Crippen molar-refractivity contribution in [3.8, 4) is 11.3 Å². The van der Waals surface area contributed by atoms with Crippen molar-refractivity contribution in [2.45, 2.75) is 0 Å². The van der Waals surface area contributed by atoms with Gasteiger partial charge in [-0.2, -0.15) is 0 Å². The van der Waals surface area contributed by atoms with Gasteiger partial charge in [-0.25, -0.2) is 14.8 Å². The van der Waals surface area contributed by atoms with Gasteiger partial charge >= 0.3 is 5.97 Å². The number of nitrogens with one attached hydrogen (secondary N) is 1. The Hall–Kier alpha value is -2.21. The number of carboxylic acids is 1. The summed E-state index contributed by atoms with van der Waals surface area (Å²) in [5, 5.41) is 10.7. The van der Waals surface area contributed by atoms with Crippen molar-refractivity contribution >= 4 is 28.3 Å². The van der Waals surface area contributed by atoms with Gasteiger partial charge in [0.15, 0.2) is 0 Å². The van der Waals surface area contributed by atoms with Gasteiger partial charge in [0.1, 0.15) is 0 Å². The van der Waals surface area contributed by atoms with E-state index in [1.807, 2.05) is 18.2 Å². The number of thiazole rings is 1. The maximum absolute atomic E-state index is 10.7. The van der Waals surface area contributed by atoms with E-state index in [-0.39, 0.29) is 5.01 Å². The van der Waals surface area contributed by atoms with Crippen molar-refractivity contribution in [3.05, 3.63) is 34.9 Å². The van der Waals surface area contributed by atoms with E-state index in [2.05, 4.69) is 15.0 Å². The molecule has 5 nitrogen and oxygen atoms in total. The Kier molecular flexibility index (Phi) is 2.15. The average molecular weight is 245 g/mol. The zero-order valence-corrected chi connectivity index (χ0v) is 9.36. The summed E-state index contributed by atoms with van der Waals surface area (Å²) in [4.78, 5) is 21.9. The first-order valence-electron chi connectivity index (χ1n) is 4.86. The summed E-state index contributed by atoms with van der Waals surface area (Å²) in [6.07, 6.45) is 1.62. The number of aromatic amines is 1. The van der Waals surface area contributed by atoms with Crippen LogP contribution in [-0.2, 0) is 0 Å². The molecule has 0 saturated carbocycles. The third-order valence-electron chi connectivity index (χ3n) is 2.40. The number of imidazole rings is 1. The first kappa shape index (κ1) is 9.98. The molecule has 2 N–H and O–H groups in total. The van der Waals surface area contributed by atoms with Crippen LogP contribution in [0, 0.1) is 0 Å². The number of nitrogens with zero attached hydrogens (tertiary/aromatic N) is 2. The highest BCUT2D eigenvalue weighted by atomic mass is 32.1. The molecule has 2 aromatic heterocycles. The van der Waals surface area contributed by atoms with E-state index < -0.39 is 5.97 Å². The number of fused-ring (bicyclic) bond motifs is 1. The van der Waals surface area contributed by atoms with E-state index in [0.29, 0.717) is 5.69 Å². The summed E-state index contributed by atoms with van der Waals surface area (Å²) in [6.45, 7) is 0. The molecule has 0 radical (unpaired) electrons. The minimum atomic E-state index is -0.996. The van der Waals surface area contributed by atoms with E-state index in [1.165, 1.54) is 0 Å². The summed E-state index contributed by atoms with van der Waals surface area (Å²) < 4.78 is 0. The van der Waals surface area contributed by atoms with Gasteiger partial charge in [0.05, 0.1) is 23.1 Å². The molecule has 1 aromatic carbocycles. The van der Waals surface area contributed by atoms with Crippen LogP contribution in [0.15, 0.2) is 29.9 Å². The second kappa shape index (κ2) is 3.67. The van der Waals surface area contributed by atoms with Crippen LogP contribution in [-0.4, -0.2) is 26.0 Å². The molecule has 0 atom stereocenters. The van der Waals surface area contributed by atoms with Crippen molar-refractivity contribution in [1.82, 2.24) is 15.0 Å². The molecule has 2 heterocycles. The van der Waals surface area contributed by atoms with Crippen molar-refractivity contribution < 1.29 is 9.90 Å². The number of hydrogen-bond donors (Lipinski definition) is 2. The lowest BCUT2D eigenvalue weighted by Gasteiger charge is -1.95. The fourth-order valence-electron chi connectivity index (χ4n) is 1.60. The van der Waals surface area contributed by atoms with Crippen molar-refractivity contribution in [3.63, 3.8) is 0 Å². The number of rotatable bonds is 2. The molecular weight excluding hydrogens is 238 g/mol. The molecule has 0 unspecified atom stereocenters. The zero-order valence-electron chi connectivity index (χ0n) is 8.54. The number of hydrogen-bond acceptors (Lipinski definition) is 4. The Bertz CT molecular complexity index is 701. The van der Waals surface area contributed by atoms with Crippen LogP contribution in [0.25, 0.3) is 22.3 Å². The van der Waals surface area contributed by atoms with Gasteiger partial charge in [-0.1, -0.05) is 6.07 Å². The first-order valence-corrected chi connectivity index (χ1v) is 5.74. The average Bonchev–Trinajstić information content (AvgIpc) is 2.97. The summed E-state index contributed by atoms with van der Waals surface area (Å²) in [5.74, 6) is -0.996. The zero-order chi connectivity index (χ0) is 11.8. The Morgan fingerprint density at radius 2 is 2.29 bits per heavy atom. The molecule has 3 aromatic rings. The second-order valence-corrected chi connectivity index (χ2v) is 4.34. The van der Waals surface area contributed by atoms with Gasteiger partial charge in [-0.3, -0.25) is 0 Å². The van der Waals surface area contributed by atoms with E-state index >= 15 is 0 Å². The quantitative estimate of drug-likeness (QED) is 0.726. The monoisotopic (exact) mass is 245 g/mol. The molecule has 0 saturated heterocycles. The maximum atomic E-state index is 10.7. The van der Waals surface area contributed by atoms with Gasteiger partial charge in [-0.15, -0.1) is 11.3 Å². The van der Waals surface area contributed by atoms with E-state index in [4.69, 9.17) is 5.11 Å². The second-order valence-electron chi connectivity index (χ2n) is 3.48. The molecule has 0 spiro atoms. The largest absolute Gasteiger partial charge is 0.476 e. The molecule has 0 fully saturated rings. The molecule has 17 heavy (non-hydrogen) atoms. The highest BCUT2D eigenvalue weighted by Crippen LogP contribution is 2.24. The molecule has 6 heteroatoms. The lowest BCUT2D eigenvalue weighted by atomic mass is 10.1. The van der Waals surface area contributed by atoms with Crippen LogP contribution < -0.4 is 0 Å². The Morgan fingerprint density at radius 1 is 1.41 bits per heavy atom. The Labute approximate surface area is 99.8 Å². The number of aromatic carboxylic acids is 1. The molecule has 0 aliphatic rings. The lowest BCUT2D eigenvalue weighted by molar-refractivity contribution is 0.0696. The standard InChI is InChI=1S/C11H7N3O2S/c15-11(16)10-14-9(4-17-10)6-1-2-7-8(3-6)13-5-12-7/h1-5H,(H,12,13)(H,15,16). The molecule has 0 bridgehead atoms. The normalized spacial score (nSPS) is 10.8. The van der Waals surface area contributed by atoms with Gasteiger partial charge in [0.25, 0.3) is 0 Å². The third kappa shape index (κ3) is 1.68. The van der Waals surface area contributed by atoms with Gasteiger partial charge in [0.2, 0.25) is 5.01 Å². The molecule has 3 rings (SSSR count). The fraction of sp³-hybridized carbons (Fsp3) is 0. The Morgan fingerprint density at radius 3 is 3.06 bits per heavy atom. The van der Waals surface area contributed by atoms with Crippen molar-refractivity contribution in [2.24, 2.45) is 0 Å². The first-order chi connectivity index (χ1) is 8.24. The van der Waals surface area contributed by atoms with E-state index in [9.17, 15) is 4.79 Å². The highest BCUT2D eigenvalue weighted by molar-refractivity contribution is 7.11. The van der Waals surface area contributed by atoms with Gasteiger partial charge in [-0.05, 0) is 12.1 Å². The summed E-state index contributed by atoms with van der Waals surface area (Å²) in [5.41, 5.74) is 3.34. The molecule has 84 valence electrons. The van der Waals surface area contributed by atoms with Crippen molar-refractivity contribution in [1.29, 1.82) is 0 Å². The highest BCUT2D eigenvalue weighted by Gasteiger charge is 2.10. The topological polar surface area (TPSA) is 78.9 Å². The smallest absolute Gasteiger partial charge is 0.365 e. The predicted octanol–water partition coefficient (Wildman–Crippen LogP) is 2.38. The fourth-order valence-corrected chi connectivity index (χ4v) is 2.26. The molecule has 0 aliphatic heterocycles. The van der Waals surface area contributed by atoms with Crippen LogP contribution in [0.3, 0.4) is 0 Å². The summed E-state index contributed by atoms with van der Waals surface area (Å²) >= 11 is 1.12. The molecule has 0 amide bonds. The Balaban J connectivity index is 2.09. The van der Waals surface area contributed by atoms with Crippen LogP contribution in [0.2, 0.25) is 0 Å². The van der Waals surface area contributed by atoms with E-state index in [0.717, 1.165) is 27.9 Å². The minimum Gasteiger partial charge on any atom is -0.476 e. The van der Waals surface area contributed by atoms with E-state index in [1.54, 1.807) is 11.7 Å². The maximum Gasteiger partial charge on any atom is 0.365 e. The number of benzene rings is 1. The number of H-pyrrole nitrogens is 1. The van der Waals surface area contributed by atoms with Crippen LogP contribution in [0.4, 0.5) is 0 Å². The number of aromatic nitrogens is 3. The predicted molar refractivity (Wildman–Crippen MR) is 64.2 cm³/mol. The SMILES string of the molecule is O=C(O)c1nc(-c2ccc3nc[nH]c3c2)cs1.